The summed E-state index contributed by atoms with van der Waals surface area (Å²) < 4.78 is 0. The minimum atomic E-state index is -0.00518. The Balaban J connectivity index is 1.59. The normalized spacial score (nSPS) is 15.1. The molecule has 0 bridgehead atoms. The Morgan fingerprint density at radius 3 is 2.54 bits per heavy atom. The van der Waals surface area contributed by atoms with E-state index in [9.17, 15) is 4.79 Å². The Kier molecular flexibility index (Phi) is 6.17. The van der Waals surface area contributed by atoms with Crippen molar-refractivity contribution in [1.29, 1.82) is 0 Å². The number of hydrogen-bond donors (Lipinski definition) is 1. The summed E-state index contributed by atoms with van der Waals surface area (Å²) in [6, 6.07) is 12.2. The second-order valence-electron chi connectivity index (χ2n) is 6.67. The van der Waals surface area contributed by atoms with Gasteiger partial charge in [0.15, 0.2) is 0 Å². The Morgan fingerprint density at radius 2 is 1.85 bits per heavy atom. The molecule has 0 aliphatic carbocycles. The standard InChI is InChI=1S/C20H27N5O/c1-3-9-21-19-14-18(22-16(2)23-19)20(26)25-12-10-24(11-13-25)15-17-7-5-4-6-8-17/h4-8,14H,3,9-13,15H2,1-2H3,(H,21,22,23). The van der Waals surface area contributed by atoms with Crippen LogP contribution in [-0.4, -0.2) is 58.4 Å². The number of carbonyl (C=O) groups excluding carboxylic acids is 1. The molecule has 6 nitrogen and oxygen atoms in total. The summed E-state index contributed by atoms with van der Waals surface area (Å²) in [4.78, 5) is 25.8. The van der Waals surface area contributed by atoms with Gasteiger partial charge in [-0.3, -0.25) is 9.69 Å². The minimum absolute atomic E-state index is 0.00518. The zero-order chi connectivity index (χ0) is 18.4. The molecule has 26 heavy (non-hydrogen) atoms. The molecule has 1 N–H and O–H groups in total. The summed E-state index contributed by atoms with van der Waals surface area (Å²) in [7, 11) is 0. The van der Waals surface area contributed by atoms with Crippen LogP contribution in [0.1, 0.15) is 35.2 Å². The summed E-state index contributed by atoms with van der Waals surface area (Å²) >= 11 is 0. The topological polar surface area (TPSA) is 61.4 Å². The lowest BCUT2D eigenvalue weighted by molar-refractivity contribution is 0.0622. The van der Waals surface area contributed by atoms with Gasteiger partial charge >= 0.3 is 0 Å². The number of aromatic nitrogens is 2. The summed E-state index contributed by atoms with van der Waals surface area (Å²) in [5.41, 5.74) is 1.79. The Morgan fingerprint density at radius 1 is 1.12 bits per heavy atom. The van der Waals surface area contributed by atoms with Crippen molar-refractivity contribution < 1.29 is 4.79 Å². The molecule has 0 spiro atoms. The van der Waals surface area contributed by atoms with Crippen LogP contribution in [0.5, 0.6) is 0 Å². The second-order valence-corrected chi connectivity index (χ2v) is 6.67. The molecular formula is C20H27N5O. The van der Waals surface area contributed by atoms with E-state index in [1.165, 1.54) is 5.56 Å². The number of hydrogen-bond acceptors (Lipinski definition) is 5. The average Bonchev–Trinajstić information content (AvgIpc) is 2.67. The Labute approximate surface area is 155 Å². The van der Waals surface area contributed by atoms with Crippen LogP contribution in [-0.2, 0) is 6.54 Å². The molecule has 1 amide bonds. The van der Waals surface area contributed by atoms with Crippen LogP contribution in [0.4, 0.5) is 5.82 Å². The molecule has 1 aromatic carbocycles. The Hall–Kier alpha value is -2.47. The quantitative estimate of drug-likeness (QED) is 0.865. The number of carbonyl (C=O) groups is 1. The highest BCUT2D eigenvalue weighted by molar-refractivity contribution is 5.93. The summed E-state index contributed by atoms with van der Waals surface area (Å²) in [6.07, 6.45) is 1.01. The van der Waals surface area contributed by atoms with Gasteiger partial charge in [0.25, 0.3) is 5.91 Å². The van der Waals surface area contributed by atoms with E-state index >= 15 is 0 Å². The molecule has 0 radical (unpaired) electrons. The van der Waals surface area contributed by atoms with Crippen molar-refractivity contribution in [3.8, 4) is 0 Å². The number of piperazine rings is 1. The van der Waals surface area contributed by atoms with E-state index in [1.54, 1.807) is 6.07 Å². The van der Waals surface area contributed by atoms with Gasteiger partial charge in [-0.25, -0.2) is 9.97 Å². The first-order valence-corrected chi connectivity index (χ1v) is 9.31. The molecule has 138 valence electrons. The van der Waals surface area contributed by atoms with Gasteiger partial charge < -0.3 is 10.2 Å². The van der Waals surface area contributed by atoms with Gasteiger partial charge in [0.1, 0.15) is 17.3 Å². The predicted octanol–water partition coefficient (Wildman–Crippen LogP) is 2.56. The third kappa shape index (κ3) is 4.79. The molecule has 6 heteroatoms. The van der Waals surface area contributed by atoms with Gasteiger partial charge in [0, 0.05) is 45.3 Å². The van der Waals surface area contributed by atoms with Crippen LogP contribution in [0, 0.1) is 6.92 Å². The van der Waals surface area contributed by atoms with Crippen molar-refractivity contribution in [2.75, 3.05) is 38.0 Å². The highest BCUT2D eigenvalue weighted by Gasteiger charge is 2.23. The van der Waals surface area contributed by atoms with Gasteiger partial charge in [-0.05, 0) is 18.9 Å². The van der Waals surface area contributed by atoms with Gasteiger partial charge in [-0.2, -0.15) is 0 Å². The van der Waals surface area contributed by atoms with Crippen LogP contribution in [0.15, 0.2) is 36.4 Å². The van der Waals surface area contributed by atoms with Gasteiger partial charge in [-0.1, -0.05) is 37.3 Å². The van der Waals surface area contributed by atoms with Gasteiger partial charge in [-0.15, -0.1) is 0 Å². The molecule has 1 aliphatic heterocycles. The zero-order valence-corrected chi connectivity index (χ0v) is 15.6. The SMILES string of the molecule is CCCNc1cc(C(=O)N2CCN(Cc3ccccc3)CC2)nc(C)n1. The van der Waals surface area contributed by atoms with E-state index < -0.39 is 0 Å². The van der Waals surface area contributed by atoms with Crippen molar-refractivity contribution in [3.05, 3.63) is 53.5 Å². The lowest BCUT2D eigenvalue weighted by Crippen LogP contribution is -2.48. The molecule has 1 saturated heterocycles. The first-order chi connectivity index (χ1) is 12.7. The maximum absolute atomic E-state index is 12.8. The van der Waals surface area contributed by atoms with Crippen LogP contribution >= 0.6 is 0 Å². The molecule has 2 heterocycles. The lowest BCUT2D eigenvalue weighted by Gasteiger charge is -2.34. The van der Waals surface area contributed by atoms with Crippen LogP contribution in [0.2, 0.25) is 0 Å². The zero-order valence-electron chi connectivity index (χ0n) is 15.6. The highest BCUT2D eigenvalue weighted by atomic mass is 16.2. The fourth-order valence-electron chi connectivity index (χ4n) is 3.13. The average molecular weight is 353 g/mol. The predicted molar refractivity (Wildman–Crippen MR) is 103 cm³/mol. The van der Waals surface area contributed by atoms with Crippen LogP contribution in [0.25, 0.3) is 0 Å². The second kappa shape index (κ2) is 8.76. The first kappa shape index (κ1) is 18.3. The van der Waals surface area contributed by atoms with E-state index in [0.29, 0.717) is 11.5 Å². The van der Waals surface area contributed by atoms with E-state index in [0.717, 1.165) is 51.5 Å². The lowest BCUT2D eigenvalue weighted by atomic mass is 10.2. The minimum Gasteiger partial charge on any atom is -0.370 e. The van der Waals surface area contributed by atoms with Crippen LogP contribution in [0.3, 0.4) is 0 Å². The summed E-state index contributed by atoms with van der Waals surface area (Å²) in [5, 5.41) is 3.24. The third-order valence-electron chi connectivity index (χ3n) is 4.52. The molecule has 2 aromatic rings. The largest absolute Gasteiger partial charge is 0.370 e. The number of aryl methyl sites for hydroxylation is 1. The third-order valence-corrected chi connectivity index (χ3v) is 4.52. The smallest absolute Gasteiger partial charge is 0.272 e. The van der Waals surface area contributed by atoms with Crippen molar-refractivity contribution in [2.24, 2.45) is 0 Å². The number of amides is 1. The van der Waals surface area contributed by atoms with Crippen molar-refractivity contribution >= 4 is 11.7 Å². The van der Waals surface area contributed by atoms with Crippen molar-refractivity contribution in [3.63, 3.8) is 0 Å². The molecule has 1 aliphatic rings. The number of rotatable bonds is 6. The maximum Gasteiger partial charge on any atom is 0.272 e. The Bertz CT molecular complexity index is 726. The van der Waals surface area contributed by atoms with Crippen LogP contribution < -0.4 is 5.32 Å². The van der Waals surface area contributed by atoms with Crippen molar-refractivity contribution in [1.82, 2.24) is 19.8 Å². The maximum atomic E-state index is 12.8. The first-order valence-electron chi connectivity index (χ1n) is 9.31. The fourth-order valence-corrected chi connectivity index (χ4v) is 3.13. The summed E-state index contributed by atoms with van der Waals surface area (Å²) in [6.45, 7) is 8.91. The number of nitrogens with one attached hydrogen (secondary N) is 1. The number of nitrogens with zero attached hydrogens (tertiary/aromatic N) is 4. The monoisotopic (exact) mass is 353 g/mol. The van der Waals surface area contributed by atoms with E-state index in [2.05, 4.69) is 51.4 Å². The van der Waals surface area contributed by atoms with Crippen molar-refractivity contribution in [2.45, 2.75) is 26.8 Å². The molecule has 0 unspecified atom stereocenters. The van der Waals surface area contributed by atoms with E-state index in [4.69, 9.17) is 0 Å². The van der Waals surface area contributed by atoms with Gasteiger partial charge in [0.05, 0.1) is 0 Å². The molecule has 3 rings (SSSR count). The molecule has 1 fully saturated rings. The fraction of sp³-hybridized carbons (Fsp3) is 0.450. The number of benzene rings is 1. The van der Waals surface area contributed by atoms with E-state index in [-0.39, 0.29) is 5.91 Å². The molecule has 1 aromatic heterocycles. The number of anilines is 1. The highest BCUT2D eigenvalue weighted by Crippen LogP contribution is 2.13. The molecule has 0 saturated carbocycles. The summed E-state index contributed by atoms with van der Waals surface area (Å²) in [5.74, 6) is 1.34. The van der Waals surface area contributed by atoms with E-state index in [1.807, 2.05) is 17.9 Å². The molecule has 0 atom stereocenters. The van der Waals surface area contributed by atoms with Gasteiger partial charge in [0.2, 0.25) is 0 Å². The molecular weight excluding hydrogens is 326 g/mol.